The van der Waals surface area contributed by atoms with E-state index in [9.17, 15) is 9.90 Å². The monoisotopic (exact) mass is 235 g/mol. The fourth-order valence-electron chi connectivity index (χ4n) is 1.94. The van der Waals surface area contributed by atoms with Gasteiger partial charge in [0.1, 0.15) is 5.75 Å². The molecule has 17 heavy (non-hydrogen) atoms. The Morgan fingerprint density at radius 1 is 1.53 bits per heavy atom. The molecule has 0 saturated carbocycles. The van der Waals surface area contributed by atoms with Gasteiger partial charge in [-0.2, -0.15) is 0 Å². The molecule has 0 radical (unpaired) electrons. The topological polar surface area (TPSA) is 49.8 Å². The van der Waals surface area contributed by atoms with Gasteiger partial charge >= 0.3 is 0 Å². The third-order valence-corrected chi connectivity index (χ3v) is 3.23. The number of hydrogen-bond acceptors (Lipinski definition) is 3. The Bertz CT molecular complexity index is 425. The number of ether oxygens (including phenoxy) is 1. The van der Waals surface area contributed by atoms with Crippen molar-refractivity contribution in [2.75, 3.05) is 20.3 Å². The van der Waals surface area contributed by atoms with Crippen LogP contribution >= 0.6 is 0 Å². The summed E-state index contributed by atoms with van der Waals surface area (Å²) in [5.74, 6) is 0.0859. The standard InChI is InChI=1S/C13H17NO3/c1-9-3-4-10(7-12(9)15)13(16)14(2)11-5-6-17-8-11/h3-4,7,11,15H,5-6,8H2,1-2H3. The number of amides is 1. The van der Waals surface area contributed by atoms with Crippen LogP contribution in [0.1, 0.15) is 22.3 Å². The summed E-state index contributed by atoms with van der Waals surface area (Å²) in [6.07, 6.45) is 0.875. The number of phenols is 1. The zero-order chi connectivity index (χ0) is 12.4. The molecule has 4 nitrogen and oxygen atoms in total. The van der Waals surface area contributed by atoms with Gasteiger partial charge in [0.05, 0.1) is 12.6 Å². The summed E-state index contributed by atoms with van der Waals surface area (Å²) in [6, 6.07) is 5.15. The number of likely N-dealkylation sites (N-methyl/N-ethyl adjacent to an activating group) is 1. The minimum Gasteiger partial charge on any atom is -0.508 e. The second-order valence-electron chi connectivity index (χ2n) is 4.43. The lowest BCUT2D eigenvalue weighted by Gasteiger charge is -2.23. The summed E-state index contributed by atoms with van der Waals surface area (Å²) in [4.78, 5) is 13.8. The molecule has 1 saturated heterocycles. The first-order valence-electron chi connectivity index (χ1n) is 5.74. The lowest BCUT2D eigenvalue weighted by molar-refractivity contribution is 0.0711. The zero-order valence-corrected chi connectivity index (χ0v) is 10.1. The van der Waals surface area contributed by atoms with Gasteiger partial charge in [-0.3, -0.25) is 4.79 Å². The van der Waals surface area contributed by atoms with E-state index in [1.807, 2.05) is 0 Å². The van der Waals surface area contributed by atoms with E-state index in [-0.39, 0.29) is 17.7 Å². The van der Waals surface area contributed by atoms with E-state index in [1.54, 1.807) is 31.0 Å². The molecule has 4 heteroatoms. The molecule has 1 aliphatic heterocycles. The van der Waals surface area contributed by atoms with Crippen molar-refractivity contribution < 1.29 is 14.6 Å². The van der Waals surface area contributed by atoms with Gasteiger partial charge in [0, 0.05) is 19.2 Å². The van der Waals surface area contributed by atoms with E-state index in [0.717, 1.165) is 12.0 Å². The number of rotatable bonds is 2. The second kappa shape index (κ2) is 4.75. The molecule has 1 fully saturated rings. The highest BCUT2D eigenvalue weighted by Crippen LogP contribution is 2.20. The highest BCUT2D eigenvalue weighted by molar-refractivity contribution is 5.94. The van der Waals surface area contributed by atoms with Crippen LogP contribution < -0.4 is 0 Å². The quantitative estimate of drug-likeness (QED) is 0.846. The van der Waals surface area contributed by atoms with Crippen LogP contribution in [0.25, 0.3) is 0 Å². The van der Waals surface area contributed by atoms with Crippen LogP contribution in [-0.4, -0.2) is 42.2 Å². The molecule has 2 rings (SSSR count). The number of phenolic OH excluding ortho intramolecular Hbond substituents is 1. The van der Waals surface area contributed by atoms with E-state index in [1.165, 1.54) is 6.07 Å². The summed E-state index contributed by atoms with van der Waals surface area (Å²) in [5, 5.41) is 9.60. The van der Waals surface area contributed by atoms with Gasteiger partial charge < -0.3 is 14.7 Å². The Kier molecular flexibility index (Phi) is 3.33. The molecule has 1 N–H and O–H groups in total. The lowest BCUT2D eigenvalue weighted by atomic mass is 10.1. The van der Waals surface area contributed by atoms with E-state index in [4.69, 9.17) is 4.74 Å². The molecule has 0 bridgehead atoms. The summed E-state index contributed by atoms with van der Waals surface area (Å²) in [7, 11) is 1.78. The van der Waals surface area contributed by atoms with Gasteiger partial charge in [-0.15, -0.1) is 0 Å². The van der Waals surface area contributed by atoms with Crippen LogP contribution in [0.4, 0.5) is 0 Å². The predicted octanol–water partition coefficient (Wildman–Crippen LogP) is 1.56. The maximum absolute atomic E-state index is 12.2. The van der Waals surface area contributed by atoms with E-state index in [0.29, 0.717) is 18.8 Å². The number of nitrogens with zero attached hydrogens (tertiary/aromatic N) is 1. The van der Waals surface area contributed by atoms with Crippen molar-refractivity contribution in [3.05, 3.63) is 29.3 Å². The molecule has 0 aromatic heterocycles. The normalized spacial score (nSPS) is 19.3. The van der Waals surface area contributed by atoms with E-state index >= 15 is 0 Å². The first kappa shape index (κ1) is 11.9. The van der Waals surface area contributed by atoms with Gasteiger partial charge in [-0.25, -0.2) is 0 Å². The summed E-state index contributed by atoms with van der Waals surface area (Å²) >= 11 is 0. The van der Waals surface area contributed by atoms with Crippen molar-refractivity contribution in [1.82, 2.24) is 4.90 Å². The van der Waals surface area contributed by atoms with Gasteiger partial charge in [-0.1, -0.05) is 6.07 Å². The third-order valence-electron chi connectivity index (χ3n) is 3.23. The maximum Gasteiger partial charge on any atom is 0.254 e. The van der Waals surface area contributed by atoms with Crippen molar-refractivity contribution in [3.63, 3.8) is 0 Å². The Labute approximate surface area is 101 Å². The van der Waals surface area contributed by atoms with Crippen LogP contribution in [-0.2, 0) is 4.74 Å². The number of aryl methyl sites for hydroxylation is 1. The summed E-state index contributed by atoms with van der Waals surface area (Å²) < 4.78 is 5.26. The molecule has 0 spiro atoms. The highest BCUT2D eigenvalue weighted by Gasteiger charge is 2.25. The van der Waals surface area contributed by atoms with Gasteiger partial charge in [-0.05, 0) is 31.0 Å². The Hall–Kier alpha value is -1.55. The van der Waals surface area contributed by atoms with Crippen molar-refractivity contribution in [2.24, 2.45) is 0 Å². The Balaban J connectivity index is 2.15. The van der Waals surface area contributed by atoms with Crippen LogP contribution in [0, 0.1) is 6.92 Å². The zero-order valence-electron chi connectivity index (χ0n) is 10.1. The minimum absolute atomic E-state index is 0.0733. The first-order chi connectivity index (χ1) is 8.09. The largest absolute Gasteiger partial charge is 0.508 e. The average molecular weight is 235 g/mol. The molecule has 1 atom stereocenters. The maximum atomic E-state index is 12.2. The van der Waals surface area contributed by atoms with E-state index < -0.39 is 0 Å². The number of carbonyl (C=O) groups is 1. The molecular weight excluding hydrogens is 218 g/mol. The molecule has 1 unspecified atom stereocenters. The van der Waals surface area contributed by atoms with Crippen LogP contribution in [0.2, 0.25) is 0 Å². The fraction of sp³-hybridized carbons (Fsp3) is 0.462. The fourth-order valence-corrected chi connectivity index (χ4v) is 1.94. The van der Waals surface area contributed by atoms with Crippen molar-refractivity contribution >= 4 is 5.91 Å². The first-order valence-corrected chi connectivity index (χ1v) is 5.74. The van der Waals surface area contributed by atoms with Gasteiger partial charge in [0.25, 0.3) is 5.91 Å². The molecule has 1 heterocycles. The summed E-state index contributed by atoms with van der Waals surface area (Å²) in [5.41, 5.74) is 1.29. The summed E-state index contributed by atoms with van der Waals surface area (Å²) in [6.45, 7) is 3.11. The van der Waals surface area contributed by atoms with Crippen molar-refractivity contribution in [3.8, 4) is 5.75 Å². The van der Waals surface area contributed by atoms with Crippen molar-refractivity contribution in [2.45, 2.75) is 19.4 Å². The van der Waals surface area contributed by atoms with Gasteiger partial charge in [0.2, 0.25) is 0 Å². The lowest BCUT2D eigenvalue weighted by Crippen LogP contribution is -2.37. The van der Waals surface area contributed by atoms with Crippen LogP contribution in [0.3, 0.4) is 0 Å². The number of aromatic hydroxyl groups is 1. The van der Waals surface area contributed by atoms with Crippen LogP contribution in [0.5, 0.6) is 5.75 Å². The predicted molar refractivity (Wildman–Crippen MR) is 64.2 cm³/mol. The Morgan fingerprint density at radius 2 is 2.29 bits per heavy atom. The van der Waals surface area contributed by atoms with Crippen molar-refractivity contribution in [1.29, 1.82) is 0 Å². The van der Waals surface area contributed by atoms with Gasteiger partial charge in [0.15, 0.2) is 0 Å². The molecule has 1 aliphatic rings. The minimum atomic E-state index is -0.0733. The molecular formula is C13H17NO3. The van der Waals surface area contributed by atoms with E-state index in [2.05, 4.69) is 0 Å². The number of hydrogen-bond donors (Lipinski definition) is 1. The SMILES string of the molecule is Cc1ccc(C(=O)N(C)C2CCOC2)cc1O. The number of benzene rings is 1. The average Bonchev–Trinajstić information content (AvgIpc) is 2.84. The van der Waals surface area contributed by atoms with Crippen LogP contribution in [0.15, 0.2) is 18.2 Å². The molecule has 0 aliphatic carbocycles. The molecule has 1 aromatic carbocycles. The second-order valence-corrected chi connectivity index (χ2v) is 4.43. The Morgan fingerprint density at radius 3 is 2.88 bits per heavy atom. The number of carbonyl (C=O) groups excluding carboxylic acids is 1. The highest BCUT2D eigenvalue weighted by atomic mass is 16.5. The smallest absolute Gasteiger partial charge is 0.254 e. The molecule has 1 aromatic rings. The third kappa shape index (κ3) is 2.42. The molecule has 1 amide bonds. The molecule has 92 valence electrons.